The van der Waals surface area contributed by atoms with Crippen molar-refractivity contribution in [3.05, 3.63) is 52.4 Å². The van der Waals surface area contributed by atoms with Gasteiger partial charge >= 0.3 is 0 Å². The Hall–Kier alpha value is -2.79. The van der Waals surface area contributed by atoms with Crippen molar-refractivity contribution in [3.8, 4) is 17.1 Å². The maximum atomic E-state index is 11.3. The third-order valence-corrected chi connectivity index (χ3v) is 4.10. The van der Waals surface area contributed by atoms with Gasteiger partial charge in [-0.15, -0.1) is 4.91 Å². The third-order valence-electron chi connectivity index (χ3n) is 3.78. The molecule has 108 valence electrons. The fourth-order valence-electron chi connectivity index (χ4n) is 2.82. The Bertz CT molecular complexity index is 1030. The Kier molecular flexibility index (Phi) is 2.71. The molecule has 0 aliphatic carbocycles. The summed E-state index contributed by atoms with van der Waals surface area (Å²) in [4.78, 5) is 17.3. The smallest absolute Gasteiger partial charge is 0.199 e. The first-order valence-corrected chi connectivity index (χ1v) is 7.02. The van der Waals surface area contributed by atoms with Gasteiger partial charge in [0.2, 0.25) is 0 Å². The SMILES string of the molecule is O=Nc1c(-c2c(O)[nH]c3c(Cl)cccc23)[nH]c2ccccc12. The van der Waals surface area contributed by atoms with Crippen molar-refractivity contribution in [2.45, 2.75) is 0 Å². The second kappa shape index (κ2) is 4.61. The number of fused-ring (bicyclic) bond motifs is 2. The van der Waals surface area contributed by atoms with Gasteiger partial charge in [-0.05, 0) is 17.3 Å². The third kappa shape index (κ3) is 1.66. The van der Waals surface area contributed by atoms with Crippen LogP contribution in [-0.2, 0) is 0 Å². The summed E-state index contributed by atoms with van der Waals surface area (Å²) in [5.74, 6) is -0.0560. The molecular weight excluding hydrogens is 302 g/mol. The molecule has 5 nitrogen and oxygen atoms in total. The number of para-hydroxylation sites is 2. The van der Waals surface area contributed by atoms with E-state index in [4.69, 9.17) is 11.6 Å². The van der Waals surface area contributed by atoms with E-state index in [1.807, 2.05) is 30.3 Å². The number of nitrogens with zero attached hydrogens (tertiary/aromatic N) is 1. The maximum Gasteiger partial charge on any atom is 0.199 e. The molecule has 2 aromatic heterocycles. The van der Waals surface area contributed by atoms with Gasteiger partial charge in [-0.25, -0.2) is 0 Å². The number of aromatic hydroxyl groups is 1. The molecule has 4 aromatic rings. The van der Waals surface area contributed by atoms with E-state index in [1.54, 1.807) is 12.1 Å². The highest BCUT2D eigenvalue weighted by molar-refractivity contribution is 6.35. The van der Waals surface area contributed by atoms with Crippen molar-refractivity contribution < 1.29 is 5.11 Å². The fourth-order valence-corrected chi connectivity index (χ4v) is 3.05. The van der Waals surface area contributed by atoms with Crippen molar-refractivity contribution in [2.75, 3.05) is 0 Å². The molecule has 4 rings (SSSR count). The zero-order valence-electron chi connectivity index (χ0n) is 11.2. The zero-order chi connectivity index (χ0) is 15.3. The first-order valence-electron chi connectivity index (χ1n) is 6.64. The number of nitrogens with one attached hydrogen (secondary N) is 2. The topological polar surface area (TPSA) is 81.2 Å². The molecule has 0 bridgehead atoms. The van der Waals surface area contributed by atoms with Crippen LogP contribution < -0.4 is 0 Å². The van der Waals surface area contributed by atoms with Crippen molar-refractivity contribution in [2.24, 2.45) is 5.18 Å². The summed E-state index contributed by atoms with van der Waals surface area (Å²) in [5.41, 5.74) is 2.63. The van der Waals surface area contributed by atoms with Gasteiger partial charge in [-0.2, -0.15) is 0 Å². The normalized spacial score (nSPS) is 11.3. The Balaban J connectivity index is 2.14. The number of aromatic amines is 2. The summed E-state index contributed by atoms with van der Waals surface area (Å²) in [6.07, 6.45) is 0. The van der Waals surface area contributed by atoms with E-state index >= 15 is 0 Å². The van der Waals surface area contributed by atoms with Crippen LogP contribution >= 0.6 is 11.6 Å². The first-order chi connectivity index (χ1) is 10.7. The van der Waals surface area contributed by atoms with Crippen LogP contribution in [0.25, 0.3) is 33.1 Å². The van der Waals surface area contributed by atoms with E-state index in [0.29, 0.717) is 27.2 Å². The number of H-pyrrole nitrogens is 2. The molecule has 0 unspecified atom stereocenters. The Morgan fingerprint density at radius 3 is 2.59 bits per heavy atom. The van der Waals surface area contributed by atoms with Crippen LogP contribution in [0.15, 0.2) is 47.6 Å². The van der Waals surface area contributed by atoms with E-state index in [2.05, 4.69) is 15.1 Å². The van der Waals surface area contributed by atoms with Gasteiger partial charge in [0.15, 0.2) is 5.88 Å². The zero-order valence-corrected chi connectivity index (χ0v) is 12.0. The van der Waals surface area contributed by atoms with Crippen LogP contribution in [0.3, 0.4) is 0 Å². The van der Waals surface area contributed by atoms with E-state index in [9.17, 15) is 10.0 Å². The van der Waals surface area contributed by atoms with E-state index in [-0.39, 0.29) is 11.6 Å². The molecule has 0 atom stereocenters. The lowest BCUT2D eigenvalue weighted by atomic mass is 10.1. The minimum atomic E-state index is -0.0560. The minimum Gasteiger partial charge on any atom is -0.494 e. The van der Waals surface area contributed by atoms with Crippen molar-refractivity contribution >= 4 is 39.1 Å². The lowest BCUT2D eigenvalue weighted by Crippen LogP contribution is -1.77. The van der Waals surface area contributed by atoms with Gasteiger partial charge in [0.25, 0.3) is 0 Å². The number of hydrogen-bond donors (Lipinski definition) is 3. The predicted octanol–water partition coefficient (Wildman–Crippen LogP) is 5.07. The van der Waals surface area contributed by atoms with Gasteiger partial charge in [0, 0.05) is 16.3 Å². The Morgan fingerprint density at radius 1 is 1.00 bits per heavy atom. The van der Waals surface area contributed by atoms with Gasteiger partial charge in [-0.1, -0.05) is 41.9 Å². The molecule has 0 spiro atoms. The van der Waals surface area contributed by atoms with Crippen LogP contribution in [0.2, 0.25) is 5.02 Å². The van der Waals surface area contributed by atoms with Crippen molar-refractivity contribution in [1.29, 1.82) is 0 Å². The number of aromatic nitrogens is 2. The van der Waals surface area contributed by atoms with Crippen LogP contribution in [-0.4, -0.2) is 15.1 Å². The molecule has 3 N–H and O–H groups in total. The molecule has 0 saturated heterocycles. The number of benzene rings is 2. The summed E-state index contributed by atoms with van der Waals surface area (Å²) in [6, 6.07) is 12.7. The first kappa shape index (κ1) is 12.9. The maximum absolute atomic E-state index is 11.3. The monoisotopic (exact) mass is 311 g/mol. The number of rotatable bonds is 2. The summed E-state index contributed by atoms with van der Waals surface area (Å²) in [7, 11) is 0. The highest BCUT2D eigenvalue weighted by Gasteiger charge is 2.21. The van der Waals surface area contributed by atoms with Crippen LogP contribution in [0.4, 0.5) is 5.69 Å². The second-order valence-electron chi connectivity index (χ2n) is 5.00. The summed E-state index contributed by atoms with van der Waals surface area (Å²) in [5, 5.41) is 15.4. The van der Waals surface area contributed by atoms with Gasteiger partial charge in [0.05, 0.1) is 21.8 Å². The summed E-state index contributed by atoms with van der Waals surface area (Å²) >= 11 is 6.14. The highest BCUT2D eigenvalue weighted by Crippen LogP contribution is 2.45. The number of halogens is 1. The quantitative estimate of drug-likeness (QED) is 0.451. The minimum absolute atomic E-state index is 0.0560. The average molecular weight is 312 g/mol. The molecule has 0 radical (unpaired) electrons. The molecule has 0 amide bonds. The van der Waals surface area contributed by atoms with Gasteiger partial charge < -0.3 is 15.1 Å². The molecule has 22 heavy (non-hydrogen) atoms. The van der Waals surface area contributed by atoms with Crippen LogP contribution in [0.1, 0.15) is 0 Å². The molecule has 0 aliphatic heterocycles. The molecule has 0 fully saturated rings. The van der Waals surface area contributed by atoms with Crippen molar-refractivity contribution in [3.63, 3.8) is 0 Å². The molecule has 6 heteroatoms. The predicted molar refractivity (Wildman–Crippen MR) is 87.7 cm³/mol. The van der Waals surface area contributed by atoms with E-state index < -0.39 is 0 Å². The molecular formula is C16H10ClN3O2. The summed E-state index contributed by atoms with van der Waals surface area (Å²) in [6.45, 7) is 0. The van der Waals surface area contributed by atoms with E-state index in [1.165, 1.54) is 0 Å². The number of nitroso groups, excluding NO2 is 1. The molecule has 2 aromatic carbocycles. The molecule has 0 aliphatic rings. The second-order valence-corrected chi connectivity index (χ2v) is 5.40. The Morgan fingerprint density at radius 2 is 1.77 bits per heavy atom. The average Bonchev–Trinajstić information content (AvgIpc) is 3.04. The lowest BCUT2D eigenvalue weighted by molar-refractivity contribution is 0.460. The fraction of sp³-hybridized carbons (Fsp3) is 0. The highest BCUT2D eigenvalue weighted by atomic mass is 35.5. The summed E-state index contributed by atoms with van der Waals surface area (Å²) < 4.78 is 0. The lowest BCUT2D eigenvalue weighted by Gasteiger charge is -1.99. The Labute approximate surface area is 129 Å². The van der Waals surface area contributed by atoms with Crippen LogP contribution in [0, 0.1) is 4.91 Å². The van der Waals surface area contributed by atoms with Gasteiger partial charge in [-0.3, -0.25) is 0 Å². The van der Waals surface area contributed by atoms with Gasteiger partial charge in [0.1, 0.15) is 5.69 Å². The molecule has 2 heterocycles. The molecule has 0 saturated carbocycles. The van der Waals surface area contributed by atoms with Crippen molar-refractivity contribution in [1.82, 2.24) is 9.97 Å². The van der Waals surface area contributed by atoms with E-state index in [0.717, 1.165) is 10.9 Å². The standard InChI is InChI=1S/C16H10ClN3O2/c17-10-6-3-5-9-12(16(21)19-13(9)10)15-14(20-22)8-4-1-2-7-11(8)18-15/h1-7,18-19,21H. The number of hydrogen-bond acceptors (Lipinski definition) is 3. The largest absolute Gasteiger partial charge is 0.494 e. The van der Waals surface area contributed by atoms with Crippen LogP contribution in [0.5, 0.6) is 5.88 Å².